The lowest BCUT2D eigenvalue weighted by atomic mass is 10.3. The third-order valence-corrected chi connectivity index (χ3v) is 1.13. The molecule has 5 nitrogen and oxygen atoms in total. The molecule has 0 aliphatic rings. The van der Waals surface area contributed by atoms with Crippen LogP contribution in [0.3, 0.4) is 0 Å². The fourth-order valence-electron chi connectivity index (χ4n) is 0.510. The van der Waals surface area contributed by atoms with Crippen molar-refractivity contribution in [1.82, 2.24) is 10.6 Å². The van der Waals surface area contributed by atoms with Crippen LogP contribution in [0.4, 0.5) is 8.96 Å². The Morgan fingerprint density at radius 3 is 2.46 bits per heavy atom. The Morgan fingerprint density at radius 1 is 1.38 bits per heavy atom. The van der Waals surface area contributed by atoms with Crippen LogP contribution in [-0.4, -0.2) is 42.5 Å². The molecule has 1 atom stereocenters. The van der Waals surface area contributed by atoms with E-state index in [0.29, 0.717) is 0 Å². The zero-order valence-corrected chi connectivity index (χ0v) is 7.35. The SMILES string of the molecule is CON(F)/C=C/C(O)CN(F)OC. The maximum atomic E-state index is 12.3. The van der Waals surface area contributed by atoms with Crippen LogP contribution in [-0.2, 0) is 9.68 Å². The van der Waals surface area contributed by atoms with Crippen LogP contribution in [0.5, 0.6) is 0 Å². The van der Waals surface area contributed by atoms with E-state index in [2.05, 4.69) is 9.68 Å². The number of rotatable bonds is 6. The van der Waals surface area contributed by atoms with Gasteiger partial charge in [0.1, 0.15) is 0 Å². The van der Waals surface area contributed by atoms with Crippen molar-refractivity contribution in [3.63, 3.8) is 0 Å². The number of hydroxylamine groups is 2. The molecule has 7 heteroatoms. The largest absolute Gasteiger partial charge is 0.387 e. The molecule has 0 amide bonds. The van der Waals surface area contributed by atoms with Crippen molar-refractivity contribution in [2.45, 2.75) is 6.10 Å². The van der Waals surface area contributed by atoms with Gasteiger partial charge in [-0.05, 0) is 11.4 Å². The molecule has 0 aliphatic heterocycles. The van der Waals surface area contributed by atoms with Gasteiger partial charge in [-0.3, -0.25) is 4.84 Å². The van der Waals surface area contributed by atoms with E-state index in [0.717, 1.165) is 26.5 Å². The van der Waals surface area contributed by atoms with Gasteiger partial charge in [-0.2, -0.15) is 0 Å². The minimum atomic E-state index is -1.18. The van der Waals surface area contributed by atoms with Gasteiger partial charge in [0.15, 0.2) is 0 Å². The summed E-state index contributed by atoms with van der Waals surface area (Å²) in [5.74, 6) is 0. The molecule has 1 unspecified atom stereocenters. The minimum absolute atomic E-state index is 0.0790. The maximum Gasteiger partial charge on any atom is 0.0917 e. The van der Waals surface area contributed by atoms with Crippen LogP contribution in [0.25, 0.3) is 0 Å². The molecular formula is C6H12F2N2O3. The van der Waals surface area contributed by atoms with Gasteiger partial charge in [-0.1, -0.05) is 9.77 Å². The lowest BCUT2D eigenvalue weighted by molar-refractivity contribution is -0.269. The van der Waals surface area contributed by atoms with Gasteiger partial charge < -0.3 is 5.11 Å². The van der Waals surface area contributed by atoms with Crippen molar-refractivity contribution in [3.8, 4) is 0 Å². The second-order valence-corrected chi connectivity index (χ2v) is 2.05. The number of hydrogen-bond acceptors (Lipinski definition) is 5. The van der Waals surface area contributed by atoms with E-state index in [1.165, 1.54) is 0 Å². The average molecular weight is 198 g/mol. The highest BCUT2D eigenvalue weighted by molar-refractivity contribution is 4.85. The Morgan fingerprint density at radius 2 is 2.00 bits per heavy atom. The number of aliphatic hydroxyl groups excluding tert-OH is 1. The van der Waals surface area contributed by atoms with Crippen LogP contribution in [0.2, 0.25) is 0 Å². The third-order valence-electron chi connectivity index (χ3n) is 1.13. The molecule has 0 heterocycles. The van der Waals surface area contributed by atoms with Crippen molar-refractivity contribution in [1.29, 1.82) is 0 Å². The summed E-state index contributed by atoms with van der Waals surface area (Å²) in [7, 11) is 2.21. The van der Waals surface area contributed by atoms with E-state index in [1.54, 1.807) is 0 Å². The topological polar surface area (TPSA) is 45.2 Å². The second-order valence-electron chi connectivity index (χ2n) is 2.05. The van der Waals surface area contributed by atoms with Crippen molar-refractivity contribution in [2.24, 2.45) is 0 Å². The Hall–Kier alpha value is -0.760. The van der Waals surface area contributed by atoms with Crippen LogP contribution < -0.4 is 0 Å². The molecule has 78 valence electrons. The summed E-state index contributed by atoms with van der Waals surface area (Å²) in [5.41, 5.74) is 0. The van der Waals surface area contributed by atoms with Gasteiger partial charge >= 0.3 is 0 Å². The first-order chi connectivity index (χ1) is 6.10. The lowest BCUT2D eigenvalue weighted by Gasteiger charge is -2.11. The predicted molar refractivity (Wildman–Crippen MR) is 39.9 cm³/mol. The van der Waals surface area contributed by atoms with Gasteiger partial charge in [0.2, 0.25) is 0 Å². The zero-order valence-electron chi connectivity index (χ0n) is 7.35. The van der Waals surface area contributed by atoms with Crippen LogP contribution in [0.15, 0.2) is 12.3 Å². The Kier molecular flexibility index (Phi) is 6.33. The molecule has 0 aliphatic carbocycles. The van der Waals surface area contributed by atoms with E-state index in [4.69, 9.17) is 5.11 Å². The van der Waals surface area contributed by atoms with E-state index in [1.807, 2.05) is 0 Å². The lowest BCUT2D eigenvalue weighted by Crippen LogP contribution is -2.24. The summed E-state index contributed by atoms with van der Waals surface area (Å²) < 4.78 is 24.5. The molecule has 0 saturated heterocycles. The maximum absolute atomic E-state index is 12.3. The average Bonchev–Trinajstić information content (AvgIpc) is 2.13. The number of nitrogens with zero attached hydrogens (tertiary/aromatic N) is 2. The molecule has 13 heavy (non-hydrogen) atoms. The molecule has 1 N–H and O–H groups in total. The number of aliphatic hydroxyl groups is 1. The highest BCUT2D eigenvalue weighted by atomic mass is 19.2. The minimum Gasteiger partial charge on any atom is -0.387 e. The summed E-state index contributed by atoms with van der Waals surface area (Å²) in [4.78, 5) is 8.15. The molecule has 0 aromatic carbocycles. The molecule has 0 radical (unpaired) electrons. The fourth-order valence-corrected chi connectivity index (χ4v) is 0.510. The van der Waals surface area contributed by atoms with Crippen LogP contribution >= 0.6 is 0 Å². The van der Waals surface area contributed by atoms with E-state index in [-0.39, 0.29) is 10.6 Å². The summed E-state index contributed by atoms with van der Waals surface area (Å²) in [6.45, 7) is -0.412. The standard InChI is InChI=1S/C6H12F2N2O3/c1-12-9(7)4-3-6(11)5-10(8)13-2/h3-4,6,11H,5H2,1-2H3/b4-3+. The van der Waals surface area contributed by atoms with Crippen LogP contribution in [0, 0.1) is 0 Å². The molecule has 0 bridgehead atoms. The van der Waals surface area contributed by atoms with E-state index in [9.17, 15) is 8.96 Å². The first kappa shape index (κ1) is 12.2. The second kappa shape index (κ2) is 6.72. The summed E-state index contributed by atoms with van der Waals surface area (Å²) in [6.07, 6.45) is 0.641. The van der Waals surface area contributed by atoms with Crippen molar-refractivity contribution in [2.75, 3.05) is 20.8 Å². The Bertz CT molecular complexity index is 159. The normalized spacial score (nSPS) is 14.0. The summed E-state index contributed by atoms with van der Waals surface area (Å²) >= 11 is 0. The molecule has 0 aromatic heterocycles. The highest BCUT2D eigenvalue weighted by Crippen LogP contribution is 1.97. The third kappa shape index (κ3) is 6.41. The van der Waals surface area contributed by atoms with Gasteiger partial charge in [-0.15, -0.1) is 4.48 Å². The monoisotopic (exact) mass is 198 g/mol. The Labute approximate surface area is 74.5 Å². The Balaban J connectivity index is 3.72. The van der Waals surface area contributed by atoms with Crippen LogP contribution in [0.1, 0.15) is 0 Å². The molecule has 0 fully saturated rings. The number of hydrogen-bond donors (Lipinski definition) is 1. The van der Waals surface area contributed by atoms with Crippen molar-refractivity contribution >= 4 is 0 Å². The van der Waals surface area contributed by atoms with E-state index < -0.39 is 12.6 Å². The molecule has 0 spiro atoms. The molecule has 0 aromatic rings. The van der Waals surface area contributed by atoms with Gasteiger partial charge in [0.05, 0.1) is 33.1 Å². The predicted octanol–water partition coefficient (Wildman–Crippen LogP) is 0.357. The summed E-state index contributed by atoms with van der Waals surface area (Å²) in [6, 6.07) is 0. The van der Waals surface area contributed by atoms with Gasteiger partial charge in [-0.25, -0.2) is 4.84 Å². The molecule has 0 saturated carbocycles. The molecule has 0 rings (SSSR count). The first-order valence-electron chi connectivity index (χ1n) is 3.43. The van der Waals surface area contributed by atoms with E-state index >= 15 is 0 Å². The highest BCUT2D eigenvalue weighted by Gasteiger charge is 2.07. The summed E-state index contributed by atoms with van der Waals surface area (Å²) in [5, 5.41) is 8.79. The van der Waals surface area contributed by atoms with Gasteiger partial charge in [0, 0.05) is 0 Å². The van der Waals surface area contributed by atoms with Crippen molar-refractivity contribution < 1.29 is 23.7 Å². The van der Waals surface area contributed by atoms with Gasteiger partial charge in [0.25, 0.3) is 0 Å². The first-order valence-corrected chi connectivity index (χ1v) is 3.43. The molecular weight excluding hydrogens is 186 g/mol. The van der Waals surface area contributed by atoms with Crippen molar-refractivity contribution in [3.05, 3.63) is 12.3 Å². The zero-order chi connectivity index (χ0) is 10.3. The number of halogens is 2. The quantitative estimate of drug-likeness (QED) is 0.493. The fraction of sp³-hybridized carbons (Fsp3) is 0.667. The smallest absolute Gasteiger partial charge is 0.0917 e.